The lowest BCUT2D eigenvalue weighted by atomic mass is 10.2. The number of hydrogen-bond acceptors (Lipinski definition) is 5. The number of anilines is 3. The number of methoxy groups -OCH3 is 1. The third-order valence-corrected chi connectivity index (χ3v) is 4.51. The molecule has 0 fully saturated rings. The monoisotopic (exact) mass is 382 g/mol. The molecule has 0 atom stereocenters. The lowest BCUT2D eigenvalue weighted by Crippen LogP contribution is -2.17. The maximum atomic E-state index is 12.5. The molecule has 1 aromatic heterocycles. The van der Waals surface area contributed by atoms with Gasteiger partial charge in [-0.05, 0) is 42.8 Å². The third kappa shape index (κ3) is 4.17. The first-order valence-electron chi connectivity index (χ1n) is 8.27. The van der Waals surface area contributed by atoms with Crippen LogP contribution >= 0.6 is 11.6 Å². The van der Waals surface area contributed by atoms with Gasteiger partial charge in [0.25, 0.3) is 5.91 Å². The first-order chi connectivity index (χ1) is 13.0. The standard InChI is InChI=1S/C20H19ClN4O2/c1-13-11-17(18(27-3)12-15(13)21)22-20(26)16-9-10-19(24-23-16)25(2)14-7-5-4-6-8-14/h4-12H,1-3H3,(H,22,26). The first-order valence-corrected chi connectivity index (χ1v) is 8.65. The Kier molecular flexibility index (Phi) is 5.57. The predicted octanol–water partition coefficient (Wildman–Crippen LogP) is 4.47. The average Bonchev–Trinajstić information content (AvgIpc) is 2.70. The number of nitrogens with one attached hydrogen (secondary N) is 1. The average molecular weight is 383 g/mol. The van der Waals surface area contributed by atoms with E-state index in [9.17, 15) is 4.79 Å². The number of amides is 1. The summed E-state index contributed by atoms with van der Waals surface area (Å²) in [5.41, 5.74) is 2.54. The fourth-order valence-electron chi connectivity index (χ4n) is 2.53. The van der Waals surface area contributed by atoms with Crippen molar-refractivity contribution in [1.29, 1.82) is 0 Å². The van der Waals surface area contributed by atoms with Crippen LogP contribution in [0.1, 0.15) is 16.1 Å². The number of halogens is 1. The molecule has 138 valence electrons. The molecule has 0 radical (unpaired) electrons. The molecule has 1 amide bonds. The lowest BCUT2D eigenvalue weighted by molar-refractivity contribution is 0.102. The molecule has 0 aliphatic heterocycles. The molecule has 0 aliphatic carbocycles. The molecule has 7 heteroatoms. The van der Waals surface area contributed by atoms with Gasteiger partial charge in [-0.1, -0.05) is 29.8 Å². The molecule has 3 aromatic rings. The van der Waals surface area contributed by atoms with Crippen molar-refractivity contribution in [1.82, 2.24) is 10.2 Å². The summed E-state index contributed by atoms with van der Waals surface area (Å²) in [5, 5.41) is 11.6. The Labute approximate surface area is 162 Å². The number of benzene rings is 2. The lowest BCUT2D eigenvalue weighted by Gasteiger charge is -2.17. The van der Waals surface area contributed by atoms with Crippen molar-refractivity contribution in [3.05, 3.63) is 70.9 Å². The number of nitrogens with zero attached hydrogens (tertiary/aromatic N) is 3. The summed E-state index contributed by atoms with van der Waals surface area (Å²) in [7, 11) is 3.41. The van der Waals surface area contributed by atoms with E-state index in [-0.39, 0.29) is 11.6 Å². The van der Waals surface area contributed by atoms with Gasteiger partial charge in [-0.15, -0.1) is 10.2 Å². The van der Waals surface area contributed by atoms with E-state index in [1.807, 2.05) is 49.2 Å². The van der Waals surface area contributed by atoms with E-state index < -0.39 is 0 Å². The molecule has 3 rings (SSSR count). The van der Waals surface area contributed by atoms with Crippen LogP contribution in [0.2, 0.25) is 5.02 Å². The Morgan fingerprint density at radius 3 is 2.48 bits per heavy atom. The van der Waals surface area contributed by atoms with Gasteiger partial charge in [0.05, 0.1) is 12.8 Å². The van der Waals surface area contributed by atoms with Crippen LogP contribution in [0.25, 0.3) is 0 Å². The topological polar surface area (TPSA) is 67.3 Å². The Balaban J connectivity index is 1.78. The highest BCUT2D eigenvalue weighted by molar-refractivity contribution is 6.31. The number of carbonyl (C=O) groups is 1. The van der Waals surface area contributed by atoms with Crippen molar-refractivity contribution in [2.75, 3.05) is 24.4 Å². The van der Waals surface area contributed by atoms with Gasteiger partial charge in [-0.2, -0.15) is 0 Å². The van der Waals surface area contributed by atoms with Crippen LogP contribution in [0.4, 0.5) is 17.2 Å². The van der Waals surface area contributed by atoms with Crippen LogP contribution in [0.5, 0.6) is 5.75 Å². The van der Waals surface area contributed by atoms with Crippen molar-refractivity contribution in [2.45, 2.75) is 6.92 Å². The normalized spacial score (nSPS) is 10.4. The quantitative estimate of drug-likeness (QED) is 0.705. The Morgan fingerprint density at radius 1 is 1.11 bits per heavy atom. The van der Waals surface area contributed by atoms with E-state index >= 15 is 0 Å². The number of aryl methyl sites for hydroxylation is 1. The smallest absolute Gasteiger partial charge is 0.276 e. The van der Waals surface area contributed by atoms with Gasteiger partial charge in [-0.25, -0.2) is 0 Å². The number of hydrogen-bond donors (Lipinski definition) is 1. The summed E-state index contributed by atoms with van der Waals surface area (Å²) in [4.78, 5) is 14.4. The predicted molar refractivity (Wildman–Crippen MR) is 107 cm³/mol. The maximum absolute atomic E-state index is 12.5. The molecule has 0 unspecified atom stereocenters. The van der Waals surface area contributed by atoms with Gasteiger partial charge >= 0.3 is 0 Å². The van der Waals surface area contributed by atoms with Gasteiger partial charge in [0.1, 0.15) is 5.75 Å². The molecule has 0 saturated carbocycles. The molecular weight excluding hydrogens is 364 g/mol. The van der Waals surface area contributed by atoms with E-state index in [0.29, 0.717) is 22.3 Å². The van der Waals surface area contributed by atoms with E-state index in [0.717, 1.165) is 11.3 Å². The summed E-state index contributed by atoms with van der Waals surface area (Å²) < 4.78 is 5.28. The van der Waals surface area contributed by atoms with Gasteiger partial charge in [0, 0.05) is 23.8 Å². The molecule has 0 saturated heterocycles. The highest BCUT2D eigenvalue weighted by Gasteiger charge is 2.14. The minimum atomic E-state index is -0.378. The molecule has 2 aromatic carbocycles. The zero-order chi connectivity index (χ0) is 19.4. The summed E-state index contributed by atoms with van der Waals surface area (Å²) in [6.07, 6.45) is 0. The number of para-hydroxylation sites is 1. The third-order valence-electron chi connectivity index (χ3n) is 4.10. The van der Waals surface area contributed by atoms with Crippen LogP contribution in [0.3, 0.4) is 0 Å². The summed E-state index contributed by atoms with van der Waals surface area (Å²) >= 11 is 6.10. The van der Waals surface area contributed by atoms with Crippen molar-refractivity contribution in [3.8, 4) is 5.75 Å². The second kappa shape index (κ2) is 8.05. The van der Waals surface area contributed by atoms with Crippen LogP contribution in [-0.2, 0) is 0 Å². The first kappa shape index (κ1) is 18.7. The SMILES string of the molecule is COc1cc(Cl)c(C)cc1NC(=O)c1ccc(N(C)c2ccccc2)nn1. The minimum Gasteiger partial charge on any atom is -0.495 e. The largest absolute Gasteiger partial charge is 0.495 e. The second-order valence-electron chi connectivity index (χ2n) is 5.93. The number of aromatic nitrogens is 2. The zero-order valence-corrected chi connectivity index (χ0v) is 16.0. The summed E-state index contributed by atoms with van der Waals surface area (Å²) in [6, 6.07) is 16.6. The zero-order valence-electron chi connectivity index (χ0n) is 15.2. The molecule has 0 spiro atoms. The molecule has 27 heavy (non-hydrogen) atoms. The van der Waals surface area contributed by atoms with Gasteiger partial charge in [0.2, 0.25) is 0 Å². The van der Waals surface area contributed by atoms with Crippen LogP contribution in [0.15, 0.2) is 54.6 Å². The summed E-state index contributed by atoms with van der Waals surface area (Å²) in [6.45, 7) is 1.85. The number of carbonyl (C=O) groups excluding carboxylic acids is 1. The summed E-state index contributed by atoms with van der Waals surface area (Å²) in [5.74, 6) is 0.737. The van der Waals surface area contributed by atoms with Gasteiger partial charge in [-0.3, -0.25) is 4.79 Å². The highest BCUT2D eigenvalue weighted by atomic mass is 35.5. The van der Waals surface area contributed by atoms with Crippen LogP contribution in [0, 0.1) is 6.92 Å². The van der Waals surface area contributed by atoms with Crippen molar-refractivity contribution >= 4 is 34.7 Å². The van der Waals surface area contributed by atoms with E-state index in [2.05, 4.69) is 15.5 Å². The molecular formula is C20H19ClN4O2. The second-order valence-corrected chi connectivity index (χ2v) is 6.33. The molecule has 1 N–H and O–H groups in total. The fraction of sp³-hybridized carbons (Fsp3) is 0.150. The molecule has 0 bridgehead atoms. The Hall–Kier alpha value is -3.12. The molecule has 0 aliphatic rings. The maximum Gasteiger partial charge on any atom is 0.276 e. The van der Waals surface area contributed by atoms with Gasteiger partial charge < -0.3 is 15.0 Å². The van der Waals surface area contributed by atoms with E-state index in [4.69, 9.17) is 16.3 Å². The molecule has 1 heterocycles. The van der Waals surface area contributed by atoms with Crippen LogP contribution < -0.4 is 15.0 Å². The van der Waals surface area contributed by atoms with Crippen molar-refractivity contribution < 1.29 is 9.53 Å². The van der Waals surface area contributed by atoms with E-state index in [1.54, 1.807) is 24.3 Å². The van der Waals surface area contributed by atoms with Crippen molar-refractivity contribution in [3.63, 3.8) is 0 Å². The Morgan fingerprint density at radius 2 is 1.85 bits per heavy atom. The van der Waals surface area contributed by atoms with E-state index in [1.165, 1.54) is 7.11 Å². The van der Waals surface area contributed by atoms with Crippen molar-refractivity contribution in [2.24, 2.45) is 0 Å². The van der Waals surface area contributed by atoms with Gasteiger partial charge in [0.15, 0.2) is 11.5 Å². The minimum absolute atomic E-state index is 0.204. The number of rotatable bonds is 5. The highest BCUT2D eigenvalue weighted by Crippen LogP contribution is 2.31. The number of ether oxygens (including phenoxy) is 1. The van der Waals surface area contributed by atoms with Crippen LogP contribution in [-0.4, -0.2) is 30.3 Å². The molecule has 6 nitrogen and oxygen atoms in total. The Bertz CT molecular complexity index is 946. The fourth-order valence-corrected chi connectivity index (χ4v) is 2.68.